The van der Waals surface area contributed by atoms with Crippen LogP contribution in [0.4, 0.5) is 4.79 Å². The van der Waals surface area contributed by atoms with E-state index >= 15 is 0 Å². The predicted molar refractivity (Wildman–Crippen MR) is 145 cm³/mol. The Kier molecular flexibility index (Phi) is 8.03. The van der Waals surface area contributed by atoms with E-state index in [1.165, 1.54) is 12.1 Å². The number of benzene rings is 3. The Bertz CT molecular complexity index is 1600. The summed E-state index contributed by atoms with van der Waals surface area (Å²) in [6, 6.07) is 17.2. The number of ether oxygens (including phenoxy) is 1. The molecule has 0 atom stereocenters. The minimum Gasteiger partial charge on any atom is -0.448 e. The zero-order valence-corrected chi connectivity index (χ0v) is 22.7. The van der Waals surface area contributed by atoms with Gasteiger partial charge < -0.3 is 10.1 Å². The molecule has 2 N–H and O–H groups in total. The molecule has 0 spiro atoms. The fraction of sp³-hybridized carbons (Fsp3) is 0.222. The van der Waals surface area contributed by atoms with Crippen LogP contribution >= 0.6 is 11.6 Å². The van der Waals surface area contributed by atoms with Crippen LogP contribution in [0.15, 0.2) is 65.6 Å². The quantitative estimate of drug-likeness (QED) is 0.329. The van der Waals surface area contributed by atoms with Crippen molar-refractivity contribution < 1.29 is 22.7 Å². The number of imidazole rings is 1. The van der Waals surface area contributed by atoms with E-state index < -0.39 is 16.1 Å². The van der Waals surface area contributed by atoms with Gasteiger partial charge in [0.05, 0.1) is 33.1 Å². The summed E-state index contributed by atoms with van der Waals surface area (Å²) in [6.07, 6.45) is 0.0237. The molecule has 4 aromatic rings. The lowest BCUT2D eigenvalue weighted by atomic mass is 10.1. The van der Waals surface area contributed by atoms with Gasteiger partial charge in [-0.05, 0) is 48.9 Å². The van der Waals surface area contributed by atoms with Gasteiger partial charge in [0.2, 0.25) is 0 Å². The van der Waals surface area contributed by atoms with Gasteiger partial charge in [-0.15, -0.1) is 0 Å². The molecule has 1 aromatic heterocycles. The third kappa shape index (κ3) is 5.81. The van der Waals surface area contributed by atoms with Crippen molar-refractivity contribution in [1.29, 1.82) is 0 Å². The van der Waals surface area contributed by atoms with Crippen LogP contribution in [-0.2, 0) is 27.6 Å². The Balaban J connectivity index is 1.43. The fourth-order valence-electron chi connectivity index (χ4n) is 3.97. The van der Waals surface area contributed by atoms with Crippen molar-refractivity contribution in [2.75, 3.05) is 13.7 Å². The van der Waals surface area contributed by atoms with Crippen LogP contribution in [0, 0.1) is 6.92 Å². The molecule has 198 valence electrons. The Labute approximate surface area is 225 Å². The second kappa shape index (κ2) is 11.2. The van der Waals surface area contributed by atoms with Crippen LogP contribution in [0.25, 0.3) is 16.7 Å². The second-order valence-corrected chi connectivity index (χ2v) is 10.7. The Morgan fingerprint density at radius 1 is 1.05 bits per heavy atom. The van der Waals surface area contributed by atoms with E-state index in [0.29, 0.717) is 28.9 Å². The van der Waals surface area contributed by atoms with Crippen LogP contribution in [0.5, 0.6) is 0 Å². The molecule has 0 aliphatic rings. The molecule has 0 saturated carbocycles. The molecule has 0 radical (unpaired) electrons. The number of aryl methyl sites for hydroxylation is 2. The van der Waals surface area contributed by atoms with Crippen molar-refractivity contribution in [2.45, 2.75) is 31.6 Å². The number of nitrogens with zero attached hydrogens (tertiary/aromatic N) is 2. The van der Waals surface area contributed by atoms with Crippen molar-refractivity contribution in [3.63, 3.8) is 0 Å². The number of amides is 2. The smallest absolute Gasteiger partial charge is 0.421 e. The van der Waals surface area contributed by atoms with Crippen LogP contribution in [0.1, 0.15) is 34.2 Å². The van der Waals surface area contributed by atoms with Gasteiger partial charge in [0.15, 0.2) is 0 Å². The molecule has 1 heterocycles. The minimum absolute atomic E-state index is 0.000686. The van der Waals surface area contributed by atoms with Crippen molar-refractivity contribution in [1.82, 2.24) is 19.6 Å². The third-order valence-corrected chi connectivity index (χ3v) is 7.61. The number of sulfonamides is 1. The number of carbonyl (C=O) groups is 2. The Hall–Kier alpha value is -3.89. The maximum atomic E-state index is 12.3. The molecule has 0 saturated heterocycles. The van der Waals surface area contributed by atoms with E-state index in [1.54, 1.807) is 31.3 Å². The van der Waals surface area contributed by atoms with E-state index in [2.05, 4.69) is 10.3 Å². The first-order chi connectivity index (χ1) is 18.1. The zero-order chi connectivity index (χ0) is 27.4. The number of fused-ring (bicyclic) bond motifs is 1. The highest BCUT2D eigenvalue weighted by atomic mass is 35.5. The number of nitrogens with one attached hydrogen (secondary N) is 2. The molecule has 0 unspecified atom stereocenters. The molecular weight excluding hydrogens is 528 g/mol. The molecule has 0 aliphatic heterocycles. The van der Waals surface area contributed by atoms with E-state index in [9.17, 15) is 18.0 Å². The number of rotatable bonds is 8. The van der Waals surface area contributed by atoms with Crippen molar-refractivity contribution in [2.24, 2.45) is 0 Å². The molecule has 11 heteroatoms. The average molecular weight is 555 g/mol. The summed E-state index contributed by atoms with van der Waals surface area (Å²) >= 11 is 6.39. The normalized spacial score (nSPS) is 11.4. The average Bonchev–Trinajstić information content (AvgIpc) is 3.25. The van der Waals surface area contributed by atoms with Crippen LogP contribution in [-0.4, -0.2) is 43.6 Å². The highest BCUT2D eigenvalue weighted by molar-refractivity contribution is 7.90. The maximum absolute atomic E-state index is 12.3. The Morgan fingerprint density at radius 2 is 1.74 bits per heavy atom. The van der Waals surface area contributed by atoms with E-state index in [4.69, 9.17) is 16.3 Å². The number of hydrogen-bond acceptors (Lipinski definition) is 6. The molecule has 38 heavy (non-hydrogen) atoms. The Morgan fingerprint density at radius 3 is 2.37 bits per heavy atom. The largest absolute Gasteiger partial charge is 0.448 e. The second-order valence-electron chi connectivity index (χ2n) is 8.59. The SMILES string of the molecule is CCc1nc2cc(C(=O)NC)c(Cl)cc2n1-c1ccc(CCOC(=O)NS(=O)(=O)c2ccc(C)cc2)cc1. The molecule has 0 bridgehead atoms. The summed E-state index contributed by atoms with van der Waals surface area (Å²) < 4.78 is 33.6. The first-order valence-electron chi connectivity index (χ1n) is 11.9. The summed E-state index contributed by atoms with van der Waals surface area (Å²) in [4.78, 5) is 28.8. The number of carbonyl (C=O) groups excluding carboxylic acids is 2. The molecule has 4 rings (SSSR count). The van der Waals surface area contributed by atoms with Crippen molar-refractivity contribution in [3.8, 4) is 5.69 Å². The van der Waals surface area contributed by atoms with Crippen LogP contribution < -0.4 is 10.0 Å². The lowest BCUT2D eigenvalue weighted by Crippen LogP contribution is -2.31. The lowest BCUT2D eigenvalue weighted by molar-refractivity contribution is 0.0963. The molecule has 9 nitrogen and oxygen atoms in total. The van der Waals surface area contributed by atoms with Gasteiger partial charge >= 0.3 is 6.09 Å². The fourth-order valence-corrected chi connectivity index (χ4v) is 5.11. The lowest BCUT2D eigenvalue weighted by Gasteiger charge is -2.11. The van der Waals surface area contributed by atoms with Gasteiger partial charge in [0.1, 0.15) is 5.82 Å². The molecular formula is C27H27ClN4O5S. The van der Waals surface area contributed by atoms with Crippen molar-refractivity contribution >= 4 is 44.7 Å². The molecule has 0 aliphatic carbocycles. The highest BCUT2D eigenvalue weighted by Crippen LogP contribution is 2.28. The van der Waals surface area contributed by atoms with Gasteiger partial charge in [0.25, 0.3) is 15.9 Å². The van der Waals surface area contributed by atoms with Crippen molar-refractivity contribution in [3.05, 3.63) is 88.2 Å². The first-order valence-corrected chi connectivity index (χ1v) is 13.8. The molecule has 3 aromatic carbocycles. The number of hydrogen-bond donors (Lipinski definition) is 2. The summed E-state index contributed by atoms with van der Waals surface area (Å²) in [5, 5.41) is 2.91. The molecule has 0 fully saturated rings. The summed E-state index contributed by atoms with van der Waals surface area (Å²) in [7, 11) is -2.46. The monoisotopic (exact) mass is 554 g/mol. The highest BCUT2D eigenvalue weighted by Gasteiger charge is 2.19. The standard InChI is InChI=1S/C27H27ClN4O5S/c1-4-25-30-23-15-21(26(33)29-3)22(28)16-24(23)32(25)19-9-7-18(8-10-19)13-14-37-27(34)31-38(35,36)20-11-5-17(2)6-12-20/h5-12,15-16H,4,13-14H2,1-3H3,(H,29,33)(H,31,34). The summed E-state index contributed by atoms with van der Waals surface area (Å²) in [6.45, 7) is 3.83. The van der Waals surface area contributed by atoms with Gasteiger partial charge in [0, 0.05) is 25.6 Å². The van der Waals surface area contributed by atoms with E-state index in [-0.39, 0.29) is 17.4 Å². The maximum Gasteiger partial charge on any atom is 0.421 e. The summed E-state index contributed by atoms with van der Waals surface area (Å²) in [5.41, 5.74) is 4.46. The van der Waals surface area contributed by atoms with Crippen LogP contribution in [0.3, 0.4) is 0 Å². The summed E-state index contributed by atoms with van der Waals surface area (Å²) in [5.74, 6) is 0.533. The van der Waals surface area contributed by atoms with Gasteiger partial charge in [-0.25, -0.2) is 22.9 Å². The third-order valence-electron chi connectivity index (χ3n) is 5.97. The first kappa shape index (κ1) is 27.2. The number of halogens is 1. The van der Waals surface area contributed by atoms with Crippen LogP contribution in [0.2, 0.25) is 5.02 Å². The zero-order valence-electron chi connectivity index (χ0n) is 21.1. The molecule has 2 amide bonds. The van der Waals surface area contributed by atoms with Gasteiger partial charge in [-0.2, -0.15) is 0 Å². The topological polar surface area (TPSA) is 119 Å². The predicted octanol–water partition coefficient (Wildman–Crippen LogP) is 4.57. The van der Waals surface area contributed by atoms with E-state index in [1.807, 2.05) is 47.4 Å². The number of aromatic nitrogens is 2. The van der Waals surface area contributed by atoms with E-state index in [0.717, 1.165) is 28.2 Å². The minimum atomic E-state index is -4.00. The van der Waals surface area contributed by atoms with Gasteiger partial charge in [-0.3, -0.25) is 9.36 Å². The van der Waals surface area contributed by atoms with Gasteiger partial charge in [-0.1, -0.05) is 48.4 Å².